The number of esters is 1. The molecule has 0 spiro atoms. The zero-order valence-corrected chi connectivity index (χ0v) is 12.9. The third-order valence-electron chi connectivity index (χ3n) is 2.97. The van der Waals surface area contributed by atoms with Gasteiger partial charge in [0.25, 0.3) is 11.8 Å². The molecule has 0 heterocycles. The molecule has 0 bridgehead atoms. The van der Waals surface area contributed by atoms with Crippen LogP contribution in [0.3, 0.4) is 0 Å². The minimum absolute atomic E-state index is 0.0573. The van der Waals surface area contributed by atoms with Crippen molar-refractivity contribution in [3.8, 4) is 0 Å². The highest BCUT2D eigenvalue weighted by atomic mass is 19.1. The number of halogens is 2. The van der Waals surface area contributed by atoms with E-state index in [9.17, 15) is 23.2 Å². The first-order chi connectivity index (χ1) is 11.9. The molecule has 2 amide bonds. The minimum Gasteiger partial charge on any atom is -0.454 e. The molecule has 6 nitrogen and oxygen atoms in total. The fourth-order valence-corrected chi connectivity index (χ4v) is 1.81. The molecule has 2 N–H and O–H groups in total. The van der Waals surface area contributed by atoms with Crippen LogP contribution in [-0.2, 0) is 14.3 Å². The summed E-state index contributed by atoms with van der Waals surface area (Å²) in [7, 11) is 0. The molecule has 0 aliphatic carbocycles. The lowest BCUT2D eigenvalue weighted by Gasteiger charge is -2.07. The number of carbonyl (C=O) groups is 3. The Hall–Kier alpha value is -3.29. The van der Waals surface area contributed by atoms with E-state index in [-0.39, 0.29) is 5.56 Å². The van der Waals surface area contributed by atoms with Crippen molar-refractivity contribution in [1.29, 1.82) is 0 Å². The van der Waals surface area contributed by atoms with Crippen molar-refractivity contribution >= 4 is 23.5 Å². The maximum Gasteiger partial charge on any atom is 0.325 e. The first-order valence-electron chi connectivity index (χ1n) is 7.19. The van der Waals surface area contributed by atoms with Gasteiger partial charge in [-0.1, -0.05) is 6.07 Å². The lowest BCUT2D eigenvalue weighted by molar-refractivity contribution is -0.146. The average Bonchev–Trinajstić information content (AvgIpc) is 2.60. The number of rotatable bonds is 6. The molecule has 2 aromatic carbocycles. The Labute approximate surface area is 141 Å². The number of hydrogen-bond donors (Lipinski definition) is 2. The fourth-order valence-electron chi connectivity index (χ4n) is 1.81. The van der Waals surface area contributed by atoms with Crippen LogP contribution in [0.25, 0.3) is 0 Å². The molecule has 0 atom stereocenters. The van der Waals surface area contributed by atoms with E-state index in [2.05, 4.69) is 10.6 Å². The van der Waals surface area contributed by atoms with E-state index in [0.29, 0.717) is 5.69 Å². The summed E-state index contributed by atoms with van der Waals surface area (Å²) < 4.78 is 30.4. The van der Waals surface area contributed by atoms with Gasteiger partial charge in [-0.05, 0) is 42.5 Å². The van der Waals surface area contributed by atoms with Crippen LogP contribution < -0.4 is 10.6 Å². The van der Waals surface area contributed by atoms with Gasteiger partial charge in [-0.25, -0.2) is 8.78 Å². The number of benzene rings is 2. The summed E-state index contributed by atoms with van der Waals surface area (Å²) in [5.74, 6) is -3.12. The van der Waals surface area contributed by atoms with Crippen LogP contribution in [0, 0.1) is 11.6 Å². The van der Waals surface area contributed by atoms with E-state index in [1.807, 2.05) is 0 Å². The van der Waals surface area contributed by atoms with Gasteiger partial charge >= 0.3 is 5.97 Å². The molecular formula is C17H14F2N2O4. The van der Waals surface area contributed by atoms with E-state index in [1.165, 1.54) is 42.5 Å². The molecule has 0 radical (unpaired) electrons. The number of ether oxygens (including phenoxy) is 1. The highest BCUT2D eigenvalue weighted by molar-refractivity contribution is 5.96. The Bertz CT molecular complexity index is 778. The molecular weight excluding hydrogens is 334 g/mol. The van der Waals surface area contributed by atoms with Crippen molar-refractivity contribution < 1.29 is 27.9 Å². The van der Waals surface area contributed by atoms with E-state index >= 15 is 0 Å². The maximum absolute atomic E-state index is 13.0. The first kappa shape index (κ1) is 18.1. The summed E-state index contributed by atoms with van der Waals surface area (Å²) >= 11 is 0. The lowest BCUT2D eigenvalue weighted by Crippen LogP contribution is -2.32. The highest BCUT2D eigenvalue weighted by Gasteiger charge is 2.11. The number of anilines is 1. The number of hydrogen-bond acceptors (Lipinski definition) is 4. The van der Waals surface area contributed by atoms with Crippen molar-refractivity contribution in [3.05, 3.63) is 65.7 Å². The molecule has 2 rings (SSSR count). The van der Waals surface area contributed by atoms with E-state index in [0.717, 1.165) is 6.07 Å². The quantitative estimate of drug-likeness (QED) is 0.781. The Morgan fingerprint density at radius 2 is 1.68 bits per heavy atom. The molecule has 0 unspecified atom stereocenters. The van der Waals surface area contributed by atoms with E-state index in [4.69, 9.17) is 4.74 Å². The van der Waals surface area contributed by atoms with Gasteiger partial charge in [-0.2, -0.15) is 0 Å². The van der Waals surface area contributed by atoms with Crippen molar-refractivity contribution in [2.45, 2.75) is 0 Å². The van der Waals surface area contributed by atoms with E-state index in [1.54, 1.807) is 0 Å². The predicted octanol–water partition coefficient (Wildman–Crippen LogP) is 1.88. The Morgan fingerprint density at radius 3 is 2.36 bits per heavy atom. The van der Waals surface area contributed by atoms with E-state index < -0.39 is 42.6 Å². The molecule has 130 valence electrons. The SMILES string of the molecule is O=C(COC(=O)CNC(=O)c1cccc(F)c1)Nc1ccc(F)cc1. The first-order valence-corrected chi connectivity index (χ1v) is 7.19. The van der Waals surface area contributed by atoms with Crippen molar-refractivity contribution in [2.75, 3.05) is 18.5 Å². The van der Waals surface area contributed by atoms with Crippen LogP contribution in [0.1, 0.15) is 10.4 Å². The van der Waals surface area contributed by atoms with Gasteiger partial charge in [0.2, 0.25) is 0 Å². The van der Waals surface area contributed by atoms with Gasteiger partial charge in [0.05, 0.1) is 0 Å². The summed E-state index contributed by atoms with van der Waals surface area (Å²) in [6, 6.07) is 10.0. The van der Waals surface area contributed by atoms with Crippen molar-refractivity contribution in [2.24, 2.45) is 0 Å². The monoisotopic (exact) mass is 348 g/mol. The van der Waals surface area contributed by atoms with Gasteiger partial charge in [-0.15, -0.1) is 0 Å². The van der Waals surface area contributed by atoms with Crippen LogP contribution in [0.2, 0.25) is 0 Å². The second-order valence-electron chi connectivity index (χ2n) is 4.91. The minimum atomic E-state index is -0.834. The fraction of sp³-hybridized carbons (Fsp3) is 0.118. The third-order valence-corrected chi connectivity index (χ3v) is 2.97. The summed E-state index contributed by atoms with van der Waals surface area (Å²) in [4.78, 5) is 34.8. The topological polar surface area (TPSA) is 84.5 Å². The predicted molar refractivity (Wildman–Crippen MR) is 84.7 cm³/mol. The zero-order chi connectivity index (χ0) is 18.2. The standard InChI is InChI=1S/C17H14F2N2O4/c18-12-4-6-14(7-5-12)21-15(22)10-25-16(23)9-20-17(24)11-2-1-3-13(19)8-11/h1-8H,9-10H2,(H,20,24)(H,21,22). The Kier molecular flexibility index (Phi) is 6.16. The molecule has 0 aromatic heterocycles. The normalized spacial score (nSPS) is 10.0. The average molecular weight is 348 g/mol. The second-order valence-corrected chi connectivity index (χ2v) is 4.91. The Morgan fingerprint density at radius 1 is 0.960 bits per heavy atom. The number of amides is 2. The molecule has 0 saturated heterocycles. The van der Waals surface area contributed by atoms with Crippen LogP contribution in [0.5, 0.6) is 0 Å². The van der Waals surface area contributed by atoms with Crippen molar-refractivity contribution in [3.63, 3.8) is 0 Å². The maximum atomic E-state index is 13.0. The largest absolute Gasteiger partial charge is 0.454 e. The smallest absolute Gasteiger partial charge is 0.325 e. The lowest BCUT2D eigenvalue weighted by atomic mass is 10.2. The van der Waals surface area contributed by atoms with Gasteiger partial charge in [0.1, 0.15) is 18.2 Å². The summed E-state index contributed by atoms with van der Waals surface area (Å²) in [5, 5.41) is 4.66. The van der Waals surface area contributed by atoms with Gasteiger partial charge in [0, 0.05) is 11.3 Å². The number of carbonyl (C=O) groups excluding carboxylic acids is 3. The van der Waals surface area contributed by atoms with Gasteiger partial charge in [-0.3, -0.25) is 14.4 Å². The highest BCUT2D eigenvalue weighted by Crippen LogP contribution is 2.08. The van der Waals surface area contributed by atoms with Gasteiger partial charge in [0.15, 0.2) is 6.61 Å². The molecule has 0 aliphatic heterocycles. The van der Waals surface area contributed by atoms with Crippen molar-refractivity contribution in [1.82, 2.24) is 5.32 Å². The van der Waals surface area contributed by atoms with Crippen LogP contribution in [-0.4, -0.2) is 30.9 Å². The van der Waals surface area contributed by atoms with Gasteiger partial charge < -0.3 is 15.4 Å². The summed E-state index contributed by atoms with van der Waals surface area (Å²) in [5.41, 5.74) is 0.406. The Balaban J connectivity index is 1.72. The second kappa shape index (κ2) is 8.53. The molecule has 0 saturated carbocycles. The van der Waals surface area contributed by atoms with Crippen LogP contribution in [0.15, 0.2) is 48.5 Å². The molecule has 8 heteroatoms. The molecule has 2 aromatic rings. The third kappa shape index (κ3) is 6.02. The molecule has 0 aliphatic rings. The summed E-state index contributed by atoms with van der Waals surface area (Å²) in [6.07, 6.45) is 0. The zero-order valence-electron chi connectivity index (χ0n) is 12.9. The summed E-state index contributed by atoms with van der Waals surface area (Å²) in [6.45, 7) is -1.04. The van der Waals surface area contributed by atoms with Crippen LogP contribution in [0.4, 0.5) is 14.5 Å². The molecule has 0 fully saturated rings. The number of nitrogens with one attached hydrogen (secondary N) is 2. The van der Waals surface area contributed by atoms with Crippen LogP contribution >= 0.6 is 0 Å². The molecule has 25 heavy (non-hydrogen) atoms.